The number of aromatic nitrogens is 1. The van der Waals surface area contributed by atoms with Crippen LogP contribution in [0.15, 0.2) is 24.5 Å². The van der Waals surface area contributed by atoms with E-state index in [2.05, 4.69) is 10.9 Å². The van der Waals surface area contributed by atoms with Crippen molar-refractivity contribution >= 4 is 5.97 Å². The van der Waals surface area contributed by atoms with Crippen molar-refractivity contribution in [2.75, 3.05) is 19.6 Å². The molecule has 0 radical (unpaired) electrons. The van der Waals surface area contributed by atoms with Crippen molar-refractivity contribution < 1.29 is 9.90 Å². The molecule has 0 aliphatic heterocycles. The Kier molecular flexibility index (Phi) is 5.03. The van der Waals surface area contributed by atoms with Crippen molar-refractivity contribution in [1.29, 1.82) is 0 Å². The van der Waals surface area contributed by atoms with Crippen LogP contribution in [0.2, 0.25) is 0 Å². The minimum absolute atomic E-state index is 0.0186. The minimum Gasteiger partial charge on any atom is -0.480 e. The van der Waals surface area contributed by atoms with Crippen molar-refractivity contribution in [1.82, 2.24) is 9.88 Å². The van der Waals surface area contributed by atoms with Crippen LogP contribution in [0.3, 0.4) is 0 Å². The van der Waals surface area contributed by atoms with E-state index < -0.39 is 5.97 Å². The van der Waals surface area contributed by atoms with Crippen LogP contribution in [-0.4, -0.2) is 40.6 Å². The molecule has 0 fully saturated rings. The second-order valence-electron chi connectivity index (χ2n) is 3.41. The number of rotatable bonds is 6. The number of hydrogen-bond acceptors (Lipinski definition) is 3. The number of hydrogen-bond donors (Lipinski definition) is 1. The Bertz CT molecular complexity index is 370. The predicted molar refractivity (Wildman–Crippen MR) is 60.8 cm³/mol. The molecule has 1 aromatic heterocycles. The average molecular weight is 218 g/mol. The van der Waals surface area contributed by atoms with Gasteiger partial charge >= 0.3 is 5.97 Å². The van der Waals surface area contributed by atoms with Crippen LogP contribution >= 0.6 is 0 Å². The van der Waals surface area contributed by atoms with E-state index in [1.165, 1.54) is 0 Å². The van der Waals surface area contributed by atoms with Crippen LogP contribution < -0.4 is 0 Å². The van der Waals surface area contributed by atoms with Gasteiger partial charge in [-0.05, 0) is 24.1 Å². The quantitative estimate of drug-likeness (QED) is 0.712. The molecule has 4 heteroatoms. The highest BCUT2D eigenvalue weighted by atomic mass is 16.4. The lowest BCUT2D eigenvalue weighted by atomic mass is 10.2. The summed E-state index contributed by atoms with van der Waals surface area (Å²) in [6.45, 7) is 0.979. The normalized spacial score (nSPS) is 10.0. The first kappa shape index (κ1) is 12.2. The maximum atomic E-state index is 10.6. The Balaban J connectivity index is 2.44. The van der Waals surface area contributed by atoms with E-state index >= 15 is 0 Å². The maximum absolute atomic E-state index is 10.6. The van der Waals surface area contributed by atoms with Gasteiger partial charge in [0, 0.05) is 18.9 Å². The number of carboxylic acid groups (broad SMARTS) is 1. The summed E-state index contributed by atoms with van der Waals surface area (Å²) in [5.41, 5.74) is 1.13. The molecule has 4 nitrogen and oxygen atoms in total. The van der Waals surface area contributed by atoms with Crippen LogP contribution in [0.4, 0.5) is 0 Å². The van der Waals surface area contributed by atoms with Crippen molar-refractivity contribution in [3.8, 4) is 12.3 Å². The van der Waals surface area contributed by atoms with E-state index in [0.29, 0.717) is 13.1 Å². The molecule has 16 heavy (non-hydrogen) atoms. The van der Waals surface area contributed by atoms with Crippen LogP contribution in [0.5, 0.6) is 0 Å². The van der Waals surface area contributed by atoms with E-state index in [0.717, 1.165) is 12.0 Å². The fourth-order valence-electron chi connectivity index (χ4n) is 1.37. The van der Waals surface area contributed by atoms with E-state index in [-0.39, 0.29) is 6.54 Å². The molecule has 0 aromatic carbocycles. The smallest absolute Gasteiger partial charge is 0.317 e. The van der Waals surface area contributed by atoms with Crippen LogP contribution in [0.1, 0.15) is 5.56 Å². The summed E-state index contributed by atoms with van der Waals surface area (Å²) in [6, 6.07) is 3.82. The van der Waals surface area contributed by atoms with Crippen molar-refractivity contribution in [3.63, 3.8) is 0 Å². The largest absolute Gasteiger partial charge is 0.480 e. The third-order valence-electron chi connectivity index (χ3n) is 2.14. The Morgan fingerprint density at radius 3 is 2.75 bits per heavy atom. The Morgan fingerprint density at radius 2 is 2.19 bits per heavy atom. The Morgan fingerprint density at radius 1 is 1.50 bits per heavy atom. The summed E-state index contributed by atoms with van der Waals surface area (Å²) in [5, 5.41) is 8.69. The van der Waals surface area contributed by atoms with Gasteiger partial charge in [-0.15, -0.1) is 6.42 Å². The summed E-state index contributed by atoms with van der Waals surface area (Å²) >= 11 is 0. The molecule has 0 amide bonds. The SMILES string of the molecule is C#CCN(CCc1ccncc1)CC(=O)O. The highest BCUT2D eigenvalue weighted by molar-refractivity contribution is 5.69. The van der Waals surface area contributed by atoms with Crippen molar-refractivity contribution in [3.05, 3.63) is 30.1 Å². The monoisotopic (exact) mass is 218 g/mol. The van der Waals surface area contributed by atoms with Gasteiger partial charge in [-0.25, -0.2) is 0 Å². The van der Waals surface area contributed by atoms with Gasteiger partial charge in [-0.1, -0.05) is 5.92 Å². The Hall–Kier alpha value is -1.86. The summed E-state index contributed by atoms with van der Waals surface area (Å²) in [5.74, 6) is 1.60. The highest BCUT2D eigenvalue weighted by Gasteiger charge is 2.07. The second-order valence-corrected chi connectivity index (χ2v) is 3.41. The number of nitrogens with zero attached hydrogens (tertiary/aromatic N) is 2. The fourth-order valence-corrected chi connectivity index (χ4v) is 1.37. The standard InChI is InChI=1S/C12H14N2O2/c1-2-8-14(10-12(15)16)9-5-11-3-6-13-7-4-11/h1,3-4,6-7H,5,8-10H2,(H,15,16). The predicted octanol–water partition coefficient (Wildman–Crippen LogP) is 0.644. The lowest BCUT2D eigenvalue weighted by molar-refractivity contribution is -0.138. The molecule has 1 aromatic rings. The molecule has 84 valence electrons. The first-order valence-electron chi connectivity index (χ1n) is 4.99. The minimum atomic E-state index is -0.857. The molecule has 0 bridgehead atoms. The van der Waals surface area contributed by atoms with Crippen molar-refractivity contribution in [2.24, 2.45) is 0 Å². The number of aliphatic carboxylic acids is 1. The van der Waals surface area contributed by atoms with Crippen LogP contribution in [0, 0.1) is 12.3 Å². The lowest BCUT2D eigenvalue weighted by Gasteiger charge is -2.16. The van der Waals surface area contributed by atoms with Gasteiger partial charge < -0.3 is 5.11 Å². The first-order chi connectivity index (χ1) is 7.72. The number of pyridine rings is 1. The van der Waals surface area contributed by atoms with Gasteiger partial charge in [0.05, 0.1) is 13.1 Å². The van der Waals surface area contributed by atoms with E-state index in [1.807, 2.05) is 12.1 Å². The number of carboxylic acids is 1. The zero-order valence-corrected chi connectivity index (χ0v) is 8.97. The average Bonchev–Trinajstić information content (AvgIpc) is 2.27. The summed E-state index contributed by atoms with van der Waals surface area (Å²) in [7, 11) is 0. The zero-order valence-electron chi connectivity index (χ0n) is 8.97. The topological polar surface area (TPSA) is 53.4 Å². The van der Waals surface area contributed by atoms with Gasteiger partial charge in [-0.2, -0.15) is 0 Å². The van der Waals surface area contributed by atoms with Gasteiger partial charge in [0.1, 0.15) is 0 Å². The number of carbonyl (C=O) groups is 1. The Labute approximate surface area is 94.9 Å². The maximum Gasteiger partial charge on any atom is 0.317 e. The fraction of sp³-hybridized carbons (Fsp3) is 0.333. The third kappa shape index (κ3) is 4.58. The highest BCUT2D eigenvalue weighted by Crippen LogP contribution is 1.99. The molecule has 0 saturated carbocycles. The van der Waals surface area contributed by atoms with E-state index in [1.54, 1.807) is 17.3 Å². The zero-order chi connectivity index (χ0) is 11.8. The molecular weight excluding hydrogens is 204 g/mol. The molecule has 1 rings (SSSR count). The molecular formula is C12H14N2O2. The molecule has 0 aliphatic rings. The molecule has 0 saturated heterocycles. The van der Waals surface area contributed by atoms with Crippen molar-refractivity contribution in [2.45, 2.75) is 6.42 Å². The molecule has 1 heterocycles. The summed E-state index contributed by atoms with van der Waals surface area (Å²) in [4.78, 5) is 16.2. The summed E-state index contributed by atoms with van der Waals surface area (Å²) < 4.78 is 0. The van der Waals surface area contributed by atoms with E-state index in [9.17, 15) is 4.79 Å². The van der Waals surface area contributed by atoms with Gasteiger partial charge in [0.2, 0.25) is 0 Å². The molecule has 0 atom stereocenters. The molecule has 1 N–H and O–H groups in total. The molecule has 0 aliphatic carbocycles. The van der Waals surface area contributed by atoms with Gasteiger partial charge in [-0.3, -0.25) is 14.7 Å². The van der Waals surface area contributed by atoms with E-state index in [4.69, 9.17) is 11.5 Å². The second kappa shape index (κ2) is 6.59. The number of terminal acetylenes is 1. The summed E-state index contributed by atoms with van der Waals surface area (Å²) in [6.07, 6.45) is 9.40. The van der Waals surface area contributed by atoms with Gasteiger partial charge in [0.25, 0.3) is 0 Å². The third-order valence-corrected chi connectivity index (χ3v) is 2.14. The molecule has 0 spiro atoms. The first-order valence-corrected chi connectivity index (χ1v) is 4.99. The molecule has 0 unspecified atom stereocenters. The van der Waals surface area contributed by atoms with Gasteiger partial charge in [0.15, 0.2) is 0 Å². The van der Waals surface area contributed by atoms with Crippen LogP contribution in [-0.2, 0) is 11.2 Å². The van der Waals surface area contributed by atoms with Crippen LogP contribution in [0.25, 0.3) is 0 Å². The lowest BCUT2D eigenvalue weighted by Crippen LogP contribution is -2.32.